The largest absolute Gasteiger partial charge is 0.349 e. The van der Waals surface area contributed by atoms with Gasteiger partial charge in [-0.3, -0.25) is 9.59 Å². The molecule has 0 spiro atoms. The van der Waals surface area contributed by atoms with Crippen LogP contribution in [0.5, 0.6) is 0 Å². The lowest BCUT2D eigenvalue weighted by Crippen LogP contribution is -2.28. The summed E-state index contributed by atoms with van der Waals surface area (Å²) in [6.45, 7) is 0. The summed E-state index contributed by atoms with van der Waals surface area (Å²) in [5.41, 5.74) is 2.88. The van der Waals surface area contributed by atoms with Crippen LogP contribution in [0.2, 0.25) is 0 Å². The van der Waals surface area contributed by atoms with Crippen molar-refractivity contribution in [2.24, 2.45) is 0 Å². The monoisotopic (exact) mass is 434 g/mol. The first-order valence-corrected chi connectivity index (χ1v) is 11.3. The van der Waals surface area contributed by atoms with Crippen LogP contribution in [-0.2, 0) is 11.2 Å². The fourth-order valence-corrected chi connectivity index (χ4v) is 4.35. The maximum absolute atomic E-state index is 12.5. The number of nitrogens with one attached hydrogen (secondary N) is 2. The number of thioether (sulfide) groups is 1. The van der Waals surface area contributed by atoms with E-state index in [1.807, 2.05) is 12.1 Å². The number of carbonyl (C=O) groups is 2. The smallest absolute Gasteiger partial charge is 0.272 e. The quantitative estimate of drug-likeness (QED) is 0.438. The first-order chi connectivity index (χ1) is 15.2. The van der Waals surface area contributed by atoms with Crippen molar-refractivity contribution in [2.75, 3.05) is 5.75 Å². The van der Waals surface area contributed by atoms with Gasteiger partial charge < -0.3 is 10.6 Å². The minimum Gasteiger partial charge on any atom is -0.349 e. The van der Waals surface area contributed by atoms with E-state index in [-0.39, 0.29) is 29.7 Å². The number of benzene rings is 1. The number of nitrogens with zero attached hydrogens (tertiary/aromatic N) is 4. The van der Waals surface area contributed by atoms with Crippen LogP contribution in [0.1, 0.15) is 46.9 Å². The number of aromatic nitrogens is 4. The molecule has 2 aliphatic carbocycles. The number of fused-ring (bicyclic) bond motifs is 1. The lowest BCUT2D eigenvalue weighted by molar-refractivity contribution is -0.119. The summed E-state index contributed by atoms with van der Waals surface area (Å²) in [7, 11) is 0. The van der Waals surface area contributed by atoms with Crippen molar-refractivity contribution >= 4 is 23.6 Å². The summed E-state index contributed by atoms with van der Waals surface area (Å²) in [4.78, 5) is 33.1. The van der Waals surface area contributed by atoms with Crippen LogP contribution in [0, 0.1) is 0 Å². The third-order valence-electron chi connectivity index (χ3n) is 5.42. The van der Waals surface area contributed by atoms with Crippen molar-refractivity contribution in [3.63, 3.8) is 0 Å². The number of amides is 2. The summed E-state index contributed by atoms with van der Waals surface area (Å²) in [6.07, 6.45) is 7.12. The third kappa shape index (κ3) is 4.61. The van der Waals surface area contributed by atoms with E-state index in [1.54, 1.807) is 23.0 Å². The van der Waals surface area contributed by atoms with Gasteiger partial charge in [-0.05, 0) is 42.9 Å². The van der Waals surface area contributed by atoms with Crippen LogP contribution in [-0.4, -0.2) is 43.4 Å². The van der Waals surface area contributed by atoms with E-state index in [0.717, 1.165) is 25.7 Å². The van der Waals surface area contributed by atoms with E-state index >= 15 is 0 Å². The van der Waals surface area contributed by atoms with E-state index in [1.165, 1.54) is 29.2 Å². The molecule has 0 bridgehead atoms. The molecule has 9 heteroatoms. The summed E-state index contributed by atoms with van der Waals surface area (Å²) in [5, 5.41) is 11.0. The summed E-state index contributed by atoms with van der Waals surface area (Å²) in [6, 6.07) is 12.0. The predicted molar refractivity (Wildman–Crippen MR) is 116 cm³/mol. The van der Waals surface area contributed by atoms with Gasteiger partial charge in [-0.25, -0.2) is 14.6 Å². The van der Waals surface area contributed by atoms with E-state index in [0.29, 0.717) is 16.5 Å². The maximum Gasteiger partial charge on any atom is 0.272 e. The van der Waals surface area contributed by atoms with Crippen LogP contribution in [0.25, 0.3) is 5.82 Å². The molecule has 1 fully saturated rings. The van der Waals surface area contributed by atoms with Crippen LogP contribution >= 0.6 is 11.8 Å². The van der Waals surface area contributed by atoms with Gasteiger partial charge in [-0.1, -0.05) is 36.0 Å². The minimum atomic E-state index is -0.171. The molecule has 2 heterocycles. The van der Waals surface area contributed by atoms with Gasteiger partial charge in [0.1, 0.15) is 11.4 Å². The average Bonchev–Trinajstić information content (AvgIpc) is 3.31. The Labute approximate surface area is 183 Å². The minimum absolute atomic E-state index is 0.0232. The molecule has 1 unspecified atom stereocenters. The fraction of sp³-hybridized carbons (Fsp3) is 0.318. The Morgan fingerprint density at radius 1 is 1.10 bits per heavy atom. The molecule has 0 aliphatic heterocycles. The van der Waals surface area contributed by atoms with Gasteiger partial charge >= 0.3 is 0 Å². The van der Waals surface area contributed by atoms with Gasteiger partial charge in [-0.15, -0.1) is 0 Å². The van der Waals surface area contributed by atoms with E-state index in [2.05, 4.69) is 37.8 Å². The molecule has 2 N–H and O–H groups in total. The Hall–Kier alpha value is -3.20. The second-order valence-corrected chi connectivity index (χ2v) is 8.75. The summed E-state index contributed by atoms with van der Waals surface area (Å²) < 4.78 is 1.54. The molecule has 0 saturated heterocycles. The summed E-state index contributed by atoms with van der Waals surface area (Å²) >= 11 is 1.35. The Bertz CT molecular complexity index is 1130. The molecule has 2 aromatic heterocycles. The van der Waals surface area contributed by atoms with E-state index < -0.39 is 0 Å². The van der Waals surface area contributed by atoms with Crippen molar-refractivity contribution in [2.45, 2.75) is 42.8 Å². The Kier molecular flexibility index (Phi) is 5.42. The molecule has 1 saturated carbocycles. The SMILES string of the molecule is O=C(CSc1cc(-n2ccc(C(=O)NC3CC3)n2)ncn1)NC1CCc2ccccc21. The maximum atomic E-state index is 12.5. The van der Waals surface area contributed by atoms with Crippen molar-refractivity contribution < 1.29 is 9.59 Å². The van der Waals surface area contributed by atoms with Crippen LogP contribution in [0.15, 0.2) is 53.9 Å². The normalized spacial score (nSPS) is 17.2. The number of carbonyl (C=O) groups excluding carboxylic acids is 2. The van der Waals surface area contributed by atoms with Crippen molar-refractivity contribution in [3.8, 4) is 5.82 Å². The highest BCUT2D eigenvalue weighted by Crippen LogP contribution is 2.30. The summed E-state index contributed by atoms with van der Waals surface area (Å²) in [5.74, 6) is 0.622. The van der Waals surface area contributed by atoms with Crippen molar-refractivity contribution in [1.29, 1.82) is 0 Å². The van der Waals surface area contributed by atoms with Crippen LogP contribution < -0.4 is 10.6 Å². The van der Waals surface area contributed by atoms with Crippen LogP contribution in [0.3, 0.4) is 0 Å². The van der Waals surface area contributed by atoms with Gasteiger partial charge in [0, 0.05) is 18.3 Å². The standard InChI is InChI=1S/C22H22N6O2S/c29-20(26-17-8-5-14-3-1-2-4-16(14)17)12-31-21-11-19(23-13-24-21)28-10-9-18(27-28)22(30)25-15-6-7-15/h1-4,9-11,13,15,17H,5-8,12H2,(H,25,30)(H,26,29). The average molecular weight is 435 g/mol. The first-order valence-electron chi connectivity index (χ1n) is 10.3. The Morgan fingerprint density at radius 3 is 2.84 bits per heavy atom. The Morgan fingerprint density at radius 2 is 1.97 bits per heavy atom. The first kappa shape index (κ1) is 19.7. The molecule has 3 aromatic rings. The molecule has 1 aromatic carbocycles. The van der Waals surface area contributed by atoms with Gasteiger partial charge in [-0.2, -0.15) is 5.10 Å². The highest BCUT2D eigenvalue weighted by molar-refractivity contribution is 7.99. The van der Waals surface area contributed by atoms with Crippen LogP contribution in [0.4, 0.5) is 0 Å². The molecule has 158 valence electrons. The fourth-order valence-electron chi connectivity index (χ4n) is 3.68. The Balaban J connectivity index is 1.18. The molecule has 1 atom stereocenters. The lowest BCUT2D eigenvalue weighted by atomic mass is 10.1. The zero-order valence-corrected chi connectivity index (χ0v) is 17.6. The predicted octanol–water partition coefficient (Wildman–Crippen LogP) is 2.45. The second kappa shape index (κ2) is 8.50. The van der Waals surface area contributed by atoms with E-state index in [9.17, 15) is 9.59 Å². The molecular formula is C22H22N6O2S. The number of aryl methyl sites for hydroxylation is 1. The molecule has 8 nitrogen and oxygen atoms in total. The van der Waals surface area contributed by atoms with E-state index in [4.69, 9.17) is 0 Å². The molecule has 5 rings (SSSR count). The van der Waals surface area contributed by atoms with Gasteiger partial charge in [0.2, 0.25) is 5.91 Å². The zero-order chi connectivity index (χ0) is 21.2. The lowest BCUT2D eigenvalue weighted by Gasteiger charge is -2.13. The molecular weight excluding hydrogens is 412 g/mol. The van der Waals surface area contributed by atoms with Gasteiger partial charge in [0.15, 0.2) is 11.5 Å². The molecule has 2 amide bonds. The van der Waals surface area contributed by atoms with Crippen molar-refractivity contribution in [3.05, 3.63) is 65.7 Å². The highest BCUT2D eigenvalue weighted by atomic mass is 32.2. The third-order valence-corrected chi connectivity index (χ3v) is 6.34. The zero-order valence-electron chi connectivity index (χ0n) is 16.8. The van der Waals surface area contributed by atoms with Gasteiger partial charge in [0.25, 0.3) is 5.91 Å². The number of hydrogen-bond acceptors (Lipinski definition) is 6. The molecule has 2 aliphatic rings. The second-order valence-electron chi connectivity index (χ2n) is 7.75. The van der Waals surface area contributed by atoms with Crippen molar-refractivity contribution in [1.82, 2.24) is 30.4 Å². The molecule has 0 radical (unpaired) electrons. The topological polar surface area (TPSA) is 102 Å². The number of rotatable bonds is 7. The number of hydrogen-bond donors (Lipinski definition) is 2. The van der Waals surface area contributed by atoms with Gasteiger partial charge in [0.05, 0.1) is 11.8 Å². The molecule has 31 heavy (non-hydrogen) atoms. The highest BCUT2D eigenvalue weighted by Gasteiger charge is 2.25.